The van der Waals surface area contributed by atoms with Gasteiger partial charge in [0.15, 0.2) is 0 Å². The second-order valence-corrected chi connectivity index (χ2v) is 5.74. The van der Waals surface area contributed by atoms with Crippen molar-refractivity contribution in [3.05, 3.63) is 24.0 Å². The standard InChI is InChI=1S/C14H22F3N3/c1-5-20(10-14(15,16)17)12-9-18-7-6-11(12)8-19-13(2,3)4/h6-7,9,19H,5,8,10H2,1-4H3. The predicted octanol–water partition coefficient (Wildman–Crippen LogP) is 3.36. The Morgan fingerprint density at radius 3 is 2.40 bits per heavy atom. The lowest BCUT2D eigenvalue weighted by molar-refractivity contribution is -0.119. The van der Waals surface area contributed by atoms with Crippen LogP contribution in [-0.2, 0) is 6.54 Å². The van der Waals surface area contributed by atoms with Crippen molar-refractivity contribution in [2.24, 2.45) is 0 Å². The fourth-order valence-corrected chi connectivity index (χ4v) is 1.79. The number of hydrogen-bond acceptors (Lipinski definition) is 3. The third kappa shape index (κ3) is 5.77. The van der Waals surface area contributed by atoms with Crippen molar-refractivity contribution < 1.29 is 13.2 Å². The van der Waals surface area contributed by atoms with Crippen molar-refractivity contribution in [3.63, 3.8) is 0 Å². The third-order valence-corrected chi connectivity index (χ3v) is 2.79. The maximum absolute atomic E-state index is 12.6. The minimum atomic E-state index is -4.22. The monoisotopic (exact) mass is 289 g/mol. The van der Waals surface area contributed by atoms with E-state index in [2.05, 4.69) is 10.3 Å². The molecule has 20 heavy (non-hydrogen) atoms. The minimum absolute atomic E-state index is 0.0956. The fourth-order valence-electron chi connectivity index (χ4n) is 1.79. The number of anilines is 1. The average Bonchev–Trinajstić information content (AvgIpc) is 2.32. The molecule has 0 aliphatic rings. The summed E-state index contributed by atoms with van der Waals surface area (Å²) < 4.78 is 37.8. The van der Waals surface area contributed by atoms with Crippen LogP contribution >= 0.6 is 0 Å². The molecule has 1 N–H and O–H groups in total. The summed E-state index contributed by atoms with van der Waals surface area (Å²) in [5.41, 5.74) is 1.26. The number of nitrogens with zero attached hydrogens (tertiary/aromatic N) is 2. The van der Waals surface area contributed by atoms with Crippen LogP contribution in [0.2, 0.25) is 0 Å². The lowest BCUT2D eigenvalue weighted by Crippen LogP contribution is -2.37. The van der Waals surface area contributed by atoms with Gasteiger partial charge in [-0.3, -0.25) is 4.98 Å². The molecule has 0 aromatic carbocycles. The number of rotatable bonds is 5. The smallest absolute Gasteiger partial charge is 0.361 e. The molecule has 0 unspecified atom stereocenters. The number of pyridine rings is 1. The summed E-state index contributed by atoms with van der Waals surface area (Å²) in [6, 6.07) is 1.76. The second-order valence-electron chi connectivity index (χ2n) is 5.74. The Kier molecular flexibility index (Phi) is 5.39. The van der Waals surface area contributed by atoms with Gasteiger partial charge in [0.2, 0.25) is 0 Å². The van der Waals surface area contributed by atoms with E-state index < -0.39 is 12.7 Å². The SMILES string of the molecule is CCN(CC(F)(F)F)c1cnccc1CNC(C)(C)C. The van der Waals surface area contributed by atoms with Crippen LogP contribution in [0.3, 0.4) is 0 Å². The first kappa shape index (κ1) is 16.8. The van der Waals surface area contributed by atoms with Crippen molar-refractivity contribution in [3.8, 4) is 0 Å². The molecule has 0 saturated carbocycles. The van der Waals surface area contributed by atoms with Gasteiger partial charge in [0.1, 0.15) is 6.54 Å². The summed E-state index contributed by atoms with van der Waals surface area (Å²) in [5.74, 6) is 0. The van der Waals surface area contributed by atoms with Gasteiger partial charge < -0.3 is 10.2 Å². The minimum Gasteiger partial charge on any atom is -0.361 e. The molecule has 3 nitrogen and oxygen atoms in total. The first-order valence-electron chi connectivity index (χ1n) is 6.62. The van der Waals surface area contributed by atoms with E-state index in [4.69, 9.17) is 0 Å². The van der Waals surface area contributed by atoms with Crippen molar-refractivity contribution in [1.82, 2.24) is 10.3 Å². The summed E-state index contributed by atoms with van der Waals surface area (Å²) in [6.45, 7) is 7.59. The van der Waals surface area contributed by atoms with Gasteiger partial charge in [0, 0.05) is 24.8 Å². The van der Waals surface area contributed by atoms with Gasteiger partial charge in [-0.2, -0.15) is 13.2 Å². The Morgan fingerprint density at radius 1 is 1.25 bits per heavy atom. The number of alkyl halides is 3. The molecule has 1 heterocycles. The van der Waals surface area contributed by atoms with Gasteiger partial charge in [-0.1, -0.05) is 0 Å². The molecule has 0 spiro atoms. The van der Waals surface area contributed by atoms with Gasteiger partial charge in [0.25, 0.3) is 0 Å². The van der Waals surface area contributed by atoms with E-state index >= 15 is 0 Å². The Labute approximate surface area is 118 Å². The second kappa shape index (κ2) is 6.43. The summed E-state index contributed by atoms with van der Waals surface area (Å²) >= 11 is 0. The molecule has 0 radical (unpaired) electrons. The summed E-state index contributed by atoms with van der Waals surface area (Å²) in [4.78, 5) is 5.25. The lowest BCUT2D eigenvalue weighted by Gasteiger charge is -2.28. The molecule has 114 valence electrons. The Balaban J connectivity index is 2.92. The molecular formula is C14H22F3N3. The van der Waals surface area contributed by atoms with Gasteiger partial charge in [-0.15, -0.1) is 0 Å². The van der Waals surface area contributed by atoms with E-state index in [-0.39, 0.29) is 12.1 Å². The number of halogens is 3. The Hall–Kier alpha value is -1.30. The first-order valence-corrected chi connectivity index (χ1v) is 6.62. The van der Waals surface area contributed by atoms with Crippen LogP contribution in [0, 0.1) is 0 Å². The zero-order valence-electron chi connectivity index (χ0n) is 12.4. The molecule has 0 aliphatic carbocycles. The maximum Gasteiger partial charge on any atom is 0.405 e. The van der Waals surface area contributed by atoms with Gasteiger partial charge in [0.05, 0.1) is 11.9 Å². The fraction of sp³-hybridized carbons (Fsp3) is 0.643. The molecule has 0 fully saturated rings. The zero-order valence-corrected chi connectivity index (χ0v) is 12.4. The van der Waals surface area contributed by atoms with E-state index in [0.29, 0.717) is 12.2 Å². The number of aromatic nitrogens is 1. The average molecular weight is 289 g/mol. The van der Waals surface area contributed by atoms with Crippen LogP contribution in [0.1, 0.15) is 33.3 Å². The van der Waals surface area contributed by atoms with Crippen LogP contribution in [0.5, 0.6) is 0 Å². The van der Waals surface area contributed by atoms with E-state index in [1.165, 1.54) is 11.1 Å². The molecule has 1 aromatic heterocycles. The maximum atomic E-state index is 12.6. The lowest BCUT2D eigenvalue weighted by atomic mass is 10.1. The topological polar surface area (TPSA) is 28.2 Å². The van der Waals surface area contributed by atoms with Gasteiger partial charge in [-0.05, 0) is 39.3 Å². The van der Waals surface area contributed by atoms with Crippen LogP contribution in [0.15, 0.2) is 18.5 Å². The van der Waals surface area contributed by atoms with Gasteiger partial charge >= 0.3 is 6.18 Å². The Morgan fingerprint density at radius 2 is 1.90 bits per heavy atom. The predicted molar refractivity (Wildman–Crippen MR) is 74.8 cm³/mol. The molecule has 0 atom stereocenters. The summed E-state index contributed by atoms with van der Waals surface area (Å²) in [5, 5.41) is 3.28. The molecule has 0 aliphatic heterocycles. The van der Waals surface area contributed by atoms with Crippen molar-refractivity contribution in [2.45, 2.75) is 46.0 Å². The summed E-state index contributed by atoms with van der Waals surface area (Å²) in [6.07, 6.45) is -1.12. The third-order valence-electron chi connectivity index (χ3n) is 2.79. The van der Waals surface area contributed by atoms with Crippen LogP contribution in [0.4, 0.5) is 18.9 Å². The van der Waals surface area contributed by atoms with E-state index in [1.54, 1.807) is 19.2 Å². The highest BCUT2D eigenvalue weighted by molar-refractivity contribution is 5.51. The normalized spacial score (nSPS) is 12.6. The van der Waals surface area contributed by atoms with Crippen LogP contribution < -0.4 is 10.2 Å². The first-order chi connectivity index (χ1) is 9.12. The van der Waals surface area contributed by atoms with Crippen molar-refractivity contribution >= 4 is 5.69 Å². The van der Waals surface area contributed by atoms with Gasteiger partial charge in [-0.25, -0.2) is 0 Å². The summed E-state index contributed by atoms with van der Waals surface area (Å²) in [7, 11) is 0. The molecule has 1 rings (SSSR count). The van der Waals surface area contributed by atoms with Crippen molar-refractivity contribution in [1.29, 1.82) is 0 Å². The molecule has 0 amide bonds. The molecule has 0 saturated heterocycles. The van der Waals surface area contributed by atoms with Crippen LogP contribution in [0.25, 0.3) is 0 Å². The van der Waals surface area contributed by atoms with E-state index in [9.17, 15) is 13.2 Å². The molecule has 1 aromatic rings. The quantitative estimate of drug-likeness (QED) is 0.901. The molecular weight excluding hydrogens is 267 g/mol. The highest BCUT2D eigenvalue weighted by atomic mass is 19.4. The number of hydrogen-bond donors (Lipinski definition) is 1. The number of nitrogens with one attached hydrogen (secondary N) is 1. The highest BCUT2D eigenvalue weighted by Gasteiger charge is 2.31. The molecule has 0 bridgehead atoms. The Bertz CT molecular complexity index is 424. The van der Waals surface area contributed by atoms with Crippen molar-refractivity contribution in [2.75, 3.05) is 18.0 Å². The largest absolute Gasteiger partial charge is 0.405 e. The molecule has 6 heteroatoms. The zero-order chi connectivity index (χ0) is 15.4. The van der Waals surface area contributed by atoms with E-state index in [1.807, 2.05) is 20.8 Å². The van der Waals surface area contributed by atoms with E-state index in [0.717, 1.165) is 5.56 Å². The van der Waals surface area contributed by atoms with Crippen LogP contribution in [-0.4, -0.2) is 29.8 Å². The highest BCUT2D eigenvalue weighted by Crippen LogP contribution is 2.24.